The fraction of sp³-hybridized carbons (Fsp3) is 0.429. The summed E-state index contributed by atoms with van der Waals surface area (Å²) in [5.74, 6) is 0. The lowest BCUT2D eigenvalue weighted by molar-refractivity contribution is 0.506. The molecule has 0 spiro atoms. The van der Waals surface area contributed by atoms with Crippen LogP contribution in [0.25, 0.3) is 0 Å². The third-order valence-electron chi connectivity index (χ3n) is 2.87. The van der Waals surface area contributed by atoms with E-state index in [0.29, 0.717) is 6.04 Å². The average Bonchev–Trinajstić information content (AvgIpc) is 3.01. The van der Waals surface area contributed by atoms with Crippen molar-refractivity contribution in [2.24, 2.45) is 0 Å². The van der Waals surface area contributed by atoms with Gasteiger partial charge in [-0.1, -0.05) is 6.92 Å². The first-order valence-corrected chi connectivity index (χ1v) is 8.89. The predicted octanol–water partition coefficient (Wildman–Crippen LogP) is 5.25. The first kappa shape index (κ1) is 14.3. The number of hydrogen-bond donors (Lipinski definition) is 1. The summed E-state index contributed by atoms with van der Waals surface area (Å²) in [6.07, 6.45) is 3.51. The Balaban J connectivity index is 1.96. The second kappa shape index (κ2) is 7.43. The normalized spacial score (nSPS) is 12.8. The van der Waals surface area contributed by atoms with Crippen LogP contribution in [-0.4, -0.2) is 6.54 Å². The number of rotatable bonds is 7. The minimum atomic E-state index is 0.487. The van der Waals surface area contributed by atoms with Crippen molar-refractivity contribution < 1.29 is 0 Å². The van der Waals surface area contributed by atoms with Gasteiger partial charge >= 0.3 is 0 Å². The van der Waals surface area contributed by atoms with Crippen LogP contribution in [0.4, 0.5) is 0 Å². The number of thiophene rings is 2. The monoisotopic (exact) mass is 343 g/mol. The molecule has 0 saturated heterocycles. The van der Waals surface area contributed by atoms with Crippen molar-refractivity contribution in [3.05, 3.63) is 43.2 Å². The van der Waals surface area contributed by atoms with Gasteiger partial charge in [0.15, 0.2) is 0 Å². The molecule has 0 aliphatic carbocycles. The van der Waals surface area contributed by atoms with Crippen molar-refractivity contribution in [3.63, 3.8) is 0 Å². The molecule has 1 unspecified atom stereocenters. The summed E-state index contributed by atoms with van der Waals surface area (Å²) < 4.78 is 1.20. The number of halogens is 1. The summed E-state index contributed by atoms with van der Waals surface area (Å²) in [6.45, 7) is 3.30. The lowest BCUT2D eigenvalue weighted by atomic mass is 10.1. The Hall–Kier alpha value is -0.160. The Morgan fingerprint density at radius 3 is 2.89 bits per heavy atom. The minimum absolute atomic E-state index is 0.487. The van der Waals surface area contributed by atoms with E-state index in [4.69, 9.17) is 0 Å². The molecule has 0 aliphatic heterocycles. The van der Waals surface area contributed by atoms with E-state index < -0.39 is 0 Å². The fourth-order valence-corrected chi connectivity index (χ4v) is 4.18. The Kier molecular flexibility index (Phi) is 5.89. The van der Waals surface area contributed by atoms with Crippen molar-refractivity contribution >= 4 is 38.6 Å². The van der Waals surface area contributed by atoms with Crippen LogP contribution in [0.5, 0.6) is 0 Å². The average molecular weight is 344 g/mol. The summed E-state index contributed by atoms with van der Waals surface area (Å²) in [5, 5.41) is 10.2. The molecule has 0 saturated carbocycles. The zero-order valence-corrected chi connectivity index (χ0v) is 13.7. The molecule has 2 rings (SSSR count). The summed E-state index contributed by atoms with van der Waals surface area (Å²) in [5.41, 5.74) is 1.46. The molecule has 0 amide bonds. The highest BCUT2D eigenvalue weighted by molar-refractivity contribution is 9.10. The Morgan fingerprint density at radius 1 is 1.39 bits per heavy atom. The van der Waals surface area contributed by atoms with Crippen LogP contribution < -0.4 is 5.32 Å². The highest BCUT2D eigenvalue weighted by atomic mass is 79.9. The quantitative estimate of drug-likeness (QED) is 0.724. The van der Waals surface area contributed by atoms with E-state index in [1.807, 2.05) is 11.3 Å². The van der Waals surface area contributed by atoms with Crippen LogP contribution in [0.15, 0.2) is 32.7 Å². The summed E-state index contributed by atoms with van der Waals surface area (Å²) >= 11 is 7.17. The number of aryl methyl sites for hydroxylation is 1. The molecule has 2 heterocycles. The van der Waals surface area contributed by atoms with E-state index in [0.717, 1.165) is 13.0 Å². The topological polar surface area (TPSA) is 12.0 Å². The van der Waals surface area contributed by atoms with Crippen LogP contribution in [0.1, 0.15) is 36.2 Å². The van der Waals surface area contributed by atoms with E-state index >= 15 is 0 Å². The fourth-order valence-electron chi connectivity index (χ4n) is 1.92. The van der Waals surface area contributed by atoms with Gasteiger partial charge < -0.3 is 5.32 Å². The second-order valence-corrected chi connectivity index (χ2v) is 6.98. The first-order valence-electron chi connectivity index (χ1n) is 6.28. The van der Waals surface area contributed by atoms with Gasteiger partial charge in [0.2, 0.25) is 0 Å². The number of nitrogens with one attached hydrogen (secondary N) is 1. The van der Waals surface area contributed by atoms with Crippen LogP contribution in [0, 0.1) is 0 Å². The van der Waals surface area contributed by atoms with Gasteiger partial charge in [-0.2, -0.15) is 11.3 Å². The van der Waals surface area contributed by atoms with Crippen LogP contribution in [0.2, 0.25) is 0 Å². The van der Waals surface area contributed by atoms with E-state index in [9.17, 15) is 0 Å². The molecule has 1 N–H and O–H groups in total. The van der Waals surface area contributed by atoms with Crippen LogP contribution >= 0.6 is 38.6 Å². The molecule has 0 radical (unpaired) electrons. The molecule has 0 aliphatic rings. The SMILES string of the molecule is CCCNC(CCc1ccsc1)c1cc(Br)cs1. The molecule has 0 fully saturated rings. The predicted molar refractivity (Wildman–Crippen MR) is 85.7 cm³/mol. The summed E-state index contributed by atoms with van der Waals surface area (Å²) in [7, 11) is 0. The van der Waals surface area contributed by atoms with Gasteiger partial charge in [0.05, 0.1) is 0 Å². The highest BCUT2D eigenvalue weighted by Crippen LogP contribution is 2.28. The van der Waals surface area contributed by atoms with Gasteiger partial charge in [0.1, 0.15) is 0 Å². The zero-order valence-electron chi connectivity index (χ0n) is 10.5. The van der Waals surface area contributed by atoms with Crippen molar-refractivity contribution in [3.8, 4) is 0 Å². The van der Waals surface area contributed by atoms with Gasteiger partial charge in [0.25, 0.3) is 0 Å². The molecule has 1 nitrogen and oxygen atoms in total. The van der Waals surface area contributed by atoms with Crippen molar-refractivity contribution in [1.82, 2.24) is 5.32 Å². The minimum Gasteiger partial charge on any atom is -0.309 e. The molecule has 2 aromatic rings. The van der Waals surface area contributed by atoms with Gasteiger partial charge in [-0.3, -0.25) is 0 Å². The van der Waals surface area contributed by atoms with E-state index in [-0.39, 0.29) is 0 Å². The van der Waals surface area contributed by atoms with Gasteiger partial charge in [0, 0.05) is 20.8 Å². The third kappa shape index (κ3) is 4.19. The highest BCUT2D eigenvalue weighted by Gasteiger charge is 2.13. The molecule has 0 aromatic carbocycles. The maximum Gasteiger partial charge on any atom is 0.0418 e. The van der Waals surface area contributed by atoms with Gasteiger partial charge in [-0.25, -0.2) is 0 Å². The Morgan fingerprint density at radius 2 is 2.28 bits per heavy atom. The summed E-state index contributed by atoms with van der Waals surface area (Å²) in [4.78, 5) is 1.44. The molecular formula is C14H18BrNS2. The van der Waals surface area contributed by atoms with Crippen LogP contribution in [-0.2, 0) is 6.42 Å². The lowest BCUT2D eigenvalue weighted by Crippen LogP contribution is -2.21. The second-order valence-electron chi connectivity index (χ2n) is 4.34. The largest absolute Gasteiger partial charge is 0.309 e. The van der Waals surface area contributed by atoms with E-state index in [1.54, 1.807) is 11.3 Å². The smallest absolute Gasteiger partial charge is 0.0418 e. The third-order valence-corrected chi connectivity index (χ3v) is 5.41. The Labute approximate surface area is 125 Å². The van der Waals surface area contributed by atoms with Crippen molar-refractivity contribution in [1.29, 1.82) is 0 Å². The van der Waals surface area contributed by atoms with Gasteiger partial charge in [-0.15, -0.1) is 11.3 Å². The molecule has 4 heteroatoms. The standard InChI is InChI=1S/C14H18BrNS2/c1-2-6-16-13(14-8-12(15)10-18-14)4-3-11-5-7-17-9-11/h5,7-10,13,16H,2-4,6H2,1H3. The maximum atomic E-state index is 3.65. The number of hydrogen-bond acceptors (Lipinski definition) is 3. The molecule has 2 aromatic heterocycles. The lowest BCUT2D eigenvalue weighted by Gasteiger charge is -2.16. The maximum absolute atomic E-state index is 3.65. The molecular weight excluding hydrogens is 326 g/mol. The molecule has 1 atom stereocenters. The van der Waals surface area contributed by atoms with E-state index in [1.165, 1.54) is 27.8 Å². The molecule has 98 valence electrons. The van der Waals surface area contributed by atoms with E-state index in [2.05, 4.69) is 56.4 Å². The Bertz CT molecular complexity index is 450. The molecule has 18 heavy (non-hydrogen) atoms. The van der Waals surface area contributed by atoms with Crippen molar-refractivity contribution in [2.45, 2.75) is 32.2 Å². The molecule has 0 bridgehead atoms. The van der Waals surface area contributed by atoms with Gasteiger partial charge in [-0.05, 0) is 70.2 Å². The van der Waals surface area contributed by atoms with Crippen molar-refractivity contribution in [2.75, 3.05) is 6.54 Å². The summed E-state index contributed by atoms with van der Waals surface area (Å²) in [6, 6.07) is 4.96. The first-order chi connectivity index (χ1) is 8.79. The zero-order chi connectivity index (χ0) is 12.8. The van der Waals surface area contributed by atoms with Crippen LogP contribution in [0.3, 0.4) is 0 Å².